The molecule has 0 spiro atoms. The highest BCUT2D eigenvalue weighted by Crippen LogP contribution is 2.22. The number of rotatable bonds is 3. The van der Waals surface area contributed by atoms with Crippen LogP contribution in [-0.4, -0.2) is 9.97 Å². The van der Waals surface area contributed by atoms with Gasteiger partial charge in [-0.3, -0.25) is 9.97 Å². The maximum absolute atomic E-state index is 4.61. The summed E-state index contributed by atoms with van der Waals surface area (Å²) in [7, 11) is 0. The fraction of sp³-hybridized carbons (Fsp3) is 0.125. The maximum Gasteiger partial charge on any atom is 0.0936 e. The van der Waals surface area contributed by atoms with Crippen LogP contribution in [0.2, 0.25) is 0 Å². The third kappa shape index (κ3) is 2.55. The number of fused-ring (bicyclic) bond motifs is 1. The smallest absolute Gasteiger partial charge is 0.0936 e. The topological polar surface area (TPSA) is 37.8 Å². The Kier molecular flexibility index (Phi) is 3.11. The Bertz CT molecular complexity index is 693. The molecule has 0 atom stereocenters. The normalized spacial score (nSPS) is 10.6. The van der Waals surface area contributed by atoms with Gasteiger partial charge in [0.25, 0.3) is 0 Å². The Hall–Kier alpha value is -2.42. The largest absolute Gasteiger partial charge is 0.379 e. The Morgan fingerprint density at radius 3 is 2.84 bits per heavy atom. The number of benzene rings is 1. The van der Waals surface area contributed by atoms with Crippen molar-refractivity contribution in [3.63, 3.8) is 0 Å². The van der Waals surface area contributed by atoms with Crippen LogP contribution in [-0.2, 0) is 6.54 Å². The molecule has 2 aromatic heterocycles. The summed E-state index contributed by atoms with van der Waals surface area (Å²) >= 11 is 0. The van der Waals surface area contributed by atoms with Gasteiger partial charge in [-0.1, -0.05) is 24.3 Å². The van der Waals surface area contributed by atoms with Gasteiger partial charge >= 0.3 is 0 Å². The van der Waals surface area contributed by atoms with E-state index in [1.165, 1.54) is 0 Å². The summed E-state index contributed by atoms with van der Waals surface area (Å²) in [6.45, 7) is 2.76. The predicted molar refractivity (Wildman–Crippen MR) is 78.0 cm³/mol. The van der Waals surface area contributed by atoms with E-state index in [9.17, 15) is 0 Å². The number of aryl methyl sites for hydroxylation is 1. The molecule has 0 bridgehead atoms. The van der Waals surface area contributed by atoms with E-state index in [1.807, 2.05) is 31.3 Å². The van der Waals surface area contributed by atoms with Gasteiger partial charge in [0.2, 0.25) is 0 Å². The molecule has 0 amide bonds. The fourth-order valence-electron chi connectivity index (χ4n) is 2.09. The zero-order valence-corrected chi connectivity index (χ0v) is 10.8. The molecule has 0 unspecified atom stereocenters. The molecule has 0 saturated carbocycles. The fourth-order valence-corrected chi connectivity index (χ4v) is 2.09. The van der Waals surface area contributed by atoms with Gasteiger partial charge in [-0.05, 0) is 30.7 Å². The number of pyridine rings is 2. The van der Waals surface area contributed by atoms with Crippen molar-refractivity contribution in [3.8, 4) is 0 Å². The van der Waals surface area contributed by atoms with E-state index in [4.69, 9.17) is 0 Å². The predicted octanol–water partition coefficient (Wildman–Crippen LogP) is 3.55. The summed E-state index contributed by atoms with van der Waals surface area (Å²) in [5.41, 5.74) is 4.27. The zero-order valence-electron chi connectivity index (χ0n) is 10.8. The summed E-state index contributed by atoms with van der Waals surface area (Å²) in [5, 5.41) is 4.58. The molecule has 0 radical (unpaired) electrons. The average molecular weight is 249 g/mol. The highest BCUT2D eigenvalue weighted by atomic mass is 14.9. The van der Waals surface area contributed by atoms with Crippen LogP contribution in [0.1, 0.15) is 11.3 Å². The number of hydrogen-bond acceptors (Lipinski definition) is 3. The van der Waals surface area contributed by atoms with Crippen LogP contribution in [0.4, 0.5) is 5.69 Å². The number of nitrogens with zero attached hydrogens (tertiary/aromatic N) is 2. The van der Waals surface area contributed by atoms with Crippen molar-refractivity contribution >= 4 is 16.6 Å². The quantitative estimate of drug-likeness (QED) is 0.771. The van der Waals surface area contributed by atoms with Gasteiger partial charge in [0.1, 0.15) is 0 Å². The van der Waals surface area contributed by atoms with Gasteiger partial charge in [-0.2, -0.15) is 0 Å². The standard InChI is InChI=1S/C16H15N3/c1-12-7-8-14-5-2-6-15(16(14)19-12)18-11-13-4-3-9-17-10-13/h2-10,18H,11H2,1H3. The summed E-state index contributed by atoms with van der Waals surface area (Å²) in [6.07, 6.45) is 3.66. The lowest BCUT2D eigenvalue weighted by Gasteiger charge is -2.09. The second-order valence-electron chi connectivity index (χ2n) is 4.54. The van der Waals surface area contributed by atoms with Crippen LogP contribution in [0.15, 0.2) is 54.9 Å². The Morgan fingerprint density at radius 2 is 2.00 bits per heavy atom. The Morgan fingerprint density at radius 1 is 1.05 bits per heavy atom. The molecule has 0 saturated heterocycles. The molecule has 0 aliphatic rings. The Labute approximate surface area is 112 Å². The first-order valence-corrected chi connectivity index (χ1v) is 6.32. The molecule has 0 fully saturated rings. The number of para-hydroxylation sites is 1. The first-order chi connectivity index (χ1) is 9.33. The second kappa shape index (κ2) is 5.06. The third-order valence-corrected chi connectivity index (χ3v) is 3.07. The molecule has 3 heteroatoms. The molecule has 3 aromatic rings. The number of hydrogen-bond donors (Lipinski definition) is 1. The monoisotopic (exact) mass is 249 g/mol. The van der Waals surface area contributed by atoms with Gasteiger partial charge in [-0.15, -0.1) is 0 Å². The molecular formula is C16H15N3. The number of anilines is 1. The zero-order chi connectivity index (χ0) is 13.1. The number of aromatic nitrogens is 2. The molecule has 3 rings (SSSR count). The van der Waals surface area contributed by atoms with Crippen LogP contribution in [0, 0.1) is 6.92 Å². The van der Waals surface area contributed by atoms with E-state index >= 15 is 0 Å². The summed E-state index contributed by atoms with van der Waals surface area (Å²) < 4.78 is 0. The summed E-state index contributed by atoms with van der Waals surface area (Å²) in [4.78, 5) is 8.73. The minimum absolute atomic E-state index is 0.753. The summed E-state index contributed by atoms with van der Waals surface area (Å²) in [5.74, 6) is 0. The van der Waals surface area contributed by atoms with Crippen molar-refractivity contribution in [2.45, 2.75) is 13.5 Å². The van der Waals surface area contributed by atoms with Crippen molar-refractivity contribution in [2.75, 3.05) is 5.32 Å². The number of nitrogens with one attached hydrogen (secondary N) is 1. The van der Waals surface area contributed by atoms with Crippen molar-refractivity contribution in [1.82, 2.24) is 9.97 Å². The average Bonchev–Trinajstić information content (AvgIpc) is 2.46. The molecule has 19 heavy (non-hydrogen) atoms. The molecule has 2 heterocycles. The van der Waals surface area contributed by atoms with Gasteiger partial charge in [0.15, 0.2) is 0 Å². The molecule has 0 aliphatic carbocycles. The minimum Gasteiger partial charge on any atom is -0.379 e. The van der Waals surface area contributed by atoms with Crippen LogP contribution >= 0.6 is 0 Å². The van der Waals surface area contributed by atoms with Crippen LogP contribution in [0.5, 0.6) is 0 Å². The minimum atomic E-state index is 0.753. The van der Waals surface area contributed by atoms with Crippen molar-refractivity contribution in [3.05, 3.63) is 66.1 Å². The Balaban J connectivity index is 1.90. The molecule has 1 N–H and O–H groups in total. The third-order valence-electron chi connectivity index (χ3n) is 3.07. The van der Waals surface area contributed by atoms with Crippen LogP contribution in [0.25, 0.3) is 10.9 Å². The first-order valence-electron chi connectivity index (χ1n) is 6.32. The van der Waals surface area contributed by atoms with Gasteiger partial charge in [0.05, 0.1) is 11.2 Å². The highest BCUT2D eigenvalue weighted by molar-refractivity contribution is 5.90. The van der Waals surface area contributed by atoms with Crippen LogP contribution < -0.4 is 5.32 Å². The van der Waals surface area contributed by atoms with Gasteiger partial charge < -0.3 is 5.32 Å². The molecular weight excluding hydrogens is 234 g/mol. The van der Waals surface area contributed by atoms with E-state index in [2.05, 4.69) is 39.6 Å². The SMILES string of the molecule is Cc1ccc2cccc(NCc3cccnc3)c2n1. The van der Waals surface area contributed by atoms with Crippen molar-refractivity contribution < 1.29 is 0 Å². The molecule has 3 nitrogen and oxygen atoms in total. The van der Waals surface area contributed by atoms with E-state index in [0.29, 0.717) is 0 Å². The first kappa shape index (κ1) is 11.7. The highest BCUT2D eigenvalue weighted by Gasteiger charge is 2.02. The van der Waals surface area contributed by atoms with E-state index in [0.717, 1.165) is 34.4 Å². The maximum atomic E-state index is 4.61. The van der Waals surface area contributed by atoms with E-state index < -0.39 is 0 Å². The van der Waals surface area contributed by atoms with Gasteiger partial charge in [0, 0.05) is 30.0 Å². The summed E-state index contributed by atoms with van der Waals surface area (Å²) in [6, 6.07) is 14.3. The van der Waals surface area contributed by atoms with E-state index in [1.54, 1.807) is 6.20 Å². The van der Waals surface area contributed by atoms with Gasteiger partial charge in [-0.25, -0.2) is 0 Å². The van der Waals surface area contributed by atoms with Crippen LogP contribution in [0.3, 0.4) is 0 Å². The lowest BCUT2D eigenvalue weighted by molar-refractivity contribution is 1.11. The lowest BCUT2D eigenvalue weighted by atomic mass is 10.1. The second-order valence-corrected chi connectivity index (χ2v) is 4.54. The van der Waals surface area contributed by atoms with Crippen molar-refractivity contribution in [2.24, 2.45) is 0 Å². The lowest BCUT2D eigenvalue weighted by Crippen LogP contribution is -2.01. The molecule has 1 aromatic carbocycles. The van der Waals surface area contributed by atoms with Crippen molar-refractivity contribution in [1.29, 1.82) is 0 Å². The molecule has 94 valence electrons. The molecule has 0 aliphatic heterocycles. The van der Waals surface area contributed by atoms with E-state index in [-0.39, 0.29) is 0 Å².